The Balaban J connectivity index is 2.29. The maximum Gasteiger partial charge on any atom is 0.137 e. The summed E-state index contributed by atoms with van der Waals surface area (Å²) in [6.07, 6.45) is 2.07. The van der Waals surface area contributed by atoms with Crippen LogP contribution in [0.3, 0.4) is 0 Å². The van der Waals surface area contributed by atoms with Gasteiger partial charge in [0.25, 0.3) is 0 Å². The molecule has 1 atom stereocenters. The van der Waals surface area contributed by atoms with Crippen LogP contribution in [-0.4, -0.2) is 16.0 Å². The molecule has 1 unspecified atom stereocenters. The lowest BCUT2D eigenvalue weighted by atomic mass is 10.1. The molecule has 0 aliphatic carbocycles. The number of pyridine rings is 1. The fourth-order valence-corrected chi connectivity index (χ4v) is 2.90. The predicted molar refractivity (Wildman–Crippen MR) is 90.8 cm³/mol. The Kier molecular flexibility index (Phi) is 4.08. The number of aryl methyl sites for hydroxylation is 1. The van der Waals surface area contributed by atoms with Crippen molar-refractivity contribution in [2.75, 3.05) is 6.61 Å². The summed E-state index contributed by atoms with van der Waals surface area (Å²) >= 11 is 6.46. The molecule has 22 heavy (non-hydrogen) atoms. The van der Waals surface area contributed by atoms with Crippen molar-refractivity contribution in [2.45, 2.75) is 26.1 Å². The van der Waals surface area contributed by atoms with Crippen molar-refractivity contribution in [2.24, 2.45) is 0 Å². The number of halogens is 1. The zero-order chi connectivity index (χ0) is 15.7. The smallest absolute Gasteiger partial charge is 0.137 e. The maximum atomic E-state index is 6.46. The standard InChI is InChI=1S/C18H19ClN2O/c1-4-22-15-8-6-5-7-14(15)17-18(13(3)19)21-11-12(2)9-10-16(21)20-17/h5-11,13H,4H2,1-3H3. The molecule has 0 fully saturated rings. The molecule has 3 aromatic rings. The van der Waals surface area contributed by atoms with E-state index < -0.39 is 0 Å². The van der Waals surface area contributed by atoms with E-state index in [1.165, 1.54) is 5.56 Å². The number of nitrogens with zero attached hydrogens (tertiary/aromatic N) is 2. The van der Waals surface area contributed by atoms with E-state index in [2.05, 4.69) is 23.6 Å². The van der Waals surface area contributed by atoms with Crippen LogP contribution in [-0.2, 0) is 0 Å². The van der Waals surface area contributed by atoms with Crippen molar-refractivity contribution in [3.8, 4) is 17.0 Å². The van der Waals surface area contributed by atoms with Crippen molar-refractivity contribution in [3.63, 3.8) is 0 Å². The zero-order valence-electron chi connectivity index (χ0n) is 13.0. The summed E-state index contributed by atoms with van der Waals surface area (Å²) in [5, 5.41) is -0.151. The summed E-state index contributed by atoms with van der Waals surface area (Å²) in [4.78, 5) is 4.79. The number of aromatic nitrogens is 2. The second-order valence-electron chi connectivity index (χ2n) is 5.33. The SMILES string of the molecule is CCOc1ccccc1-c1nc2ccc(C)cn2c1C(C)Cl. The van der Waals surface area contributed by atoms with Crippen molar-refractivity contribution in [1.82, 2.24) is 9.38 Å². The minimum absolute atomic E-state index is 0.151. The van der Waals surface area contributed by atoms with Gasteiger partial charge in [-0.05, 0) is 44.5 Å². The second-order valence-corrected chi connectivity index (χ2v) is 5.98. The van der Waals surface area contributed by atoms with Crippen molar-refractivity contribution >= 4 is 17.2 Å². The minimum atomic E-state index is -0.151. The Hall–Kier alpha value is -2.00. The van der Waals surface area contributed by atoms with E-state index in [-0.39, 0.29) is 5.38 Å². The highest BCUT2D eigenvalue weighted by molar-refractivity contribution is 6.20. The molecular formula is C18H19ClN2O. The van der Waals surface area contributed by atoms with Gasteiger partial charge in [0, 0.05) is 11.8 Å². The van der Waals surface area contributed by atoms with Gasteiger partial charge < -0.3 is 9.14 Å². The summed E-state index contributed by atoms with van der Waals surface area (Å²) in [6.45, 7) is 6.64. The van der Waals surface area contributed by atoms with E-state index in [1.54, 1.807) is 0 Å². The Morgan fingerprint density at radius 1 is 1.23 bits per heavy atom. The molecule has 0 aliphatic heterocycles. The number of alkyl halides is 1. The molecule has 3 nitrogen and oxygen atoms in total. The Bertz CT molecular complexity index is 808. The lowest BCUT2D eigenvalue weighted by molar-refractivity contribution is 0.341. The van der Waals surface area contributed by atoms with Gasteiger partial charge in [-0.1, -0.05) is 18.2 Å². The second kappa shape index (κ2) is 6.01. The number of fused-ring (bicyclic) bond motifs is 1. The van der Waals surface area contributed by atoms with Crippen LogP contribution >= 0.6 is 11.6 Å². The molecule has 0 N–H and O–H groups in total. The van der Waals surface area contributed by atoms with Gasteiger partial charge in [-0.3, -0.25) is 0 Å². The Morgan fingerprint density at radius 2 is 2.00 bits per heavy atom. The molecule has 0 radical (unpaired) electrons. The molecule has 0 bridgehead atoms. The molecule has 2 heterocycles. The first-order valence-electron chi connectivity index (χ1n) is 7.46. The average molecular weight is 315 g/mol. The summed E-state index contributed by atoms with van der Waals surface area (Å²) in [5.41, 5.74) is 4.93. The molecule has 2 aromatic heterocycles. The predicted octanol–water partition coefficient (Wildman–Crippen LogP) is 5.01. The van der Waals surface area contributed by atoms with Crippen LogP contribution in [0.5, 0.6) is 5.75 Å². The van der Waals surface area contributed by atoms with Crippen LogP contribution in [0.15, 0.2) is 42.6 Å². The number of hydrogen-bond donors (Lipinski definition) is 0. The van der Waals surface area contributed by atoms with Gasteiger partial charge >= 0.3 is 0 Å². The van der Waals surface area contributed by atoms with Crippen molar-refractivity contribution in [3.05, 3.63) is 53.9 Å². The van der Waals surface area contributed by atoms with Crippen LogP contribution < -0.4 is 4.74 Å². The monoisotopic (exact) mass is 314 g/mol. The van der Waals surface area contributed by atoms with Gasteiger partial charge in [0.2, 0.25) is 0 Å². The van der Waals surface area contributed by atoms with E-state index in [1.807, 2.05) is 44.2 Å². The van der Waals surface area contributed by atoms with Crippen LogP contribution in [0.4, 0.5) is 0 Å². The summed E-state index contributed by atoms with van der Waals surface area (Å²) in [5.74, 6) is 0.837. The highest BCUT2D eigenvalue weighted by Gasteiger charge is 2.20. The normalized spacial score (nSPS) is 12.5. The number of ether oxygens (including phenoxy) is 1. The third-order valence-electron chi connectivity index (χ3n) is 3.62. The molecule has 0 amide bonds. The molecule has 0 saturated carbocycles. The van der Waals surface area contributed by atoms with Crippen molar-refractivity contribution < 1.29 is 4.74 Å². The van der Waals surface area contributed by atoms with Gasteiger partial charge in [0.15, 0.2) is 0 Å². The lowest BCUT2D eigenvalue weighted by Gasteiger charge is -2.11. The van der Waals surface area contributed by atoms with E-state index in [4.69, 9.17) is 21.3 Å². The Labute approximate surface area is 135 Å². The fraction of sp³-hybridized carbons (Fsp3) is 0.278. The molecular weight excluding hydrogens is 296 g/mol. The summed E-state index contributed by atoms with van der Waals surface area (Å²) in [7, 11) is 0. The number of imidazole rings is 1. The highest BCUT2D eigenvalue weighted by Crippen LogP contribution is 2.36. The molecule has 3 rings (SSSR count). The topological polar surface area (TPSA) is 26.5 Å². The Morgan fingerprint density at radius 3 is 2.73 bits per heavy atom. The van der Waals surface area contributed by atoms with Crippen molar-refractivity contribution in [1.29, 1.82) is 0 Å². The summed E-state index contributed by atoms with van der Waals surface area (Å²) < 4.78 is 7.83. The molecule has 0 spiro atoms. The van der Waals surface area contributed by atoms with Crippen LogP contribution in [0, 0.1) is 6.92 Å². The maximum absolute atomic E-state index is 6.46. The lowest BCUT2D eigenvalue weighted by Crippen LogP contribution is -1.98. The van der Waals surface area contributed by atoms with Gasteiger partial charge in [0.1, 0.15) is 11.4 Å². The molecule has 0 saturated heterocycles. The molecule has 114 valence electrons. The third kappa shape index (κ3) is 2.57. The van der Waals surface area contributed by atoms with Crippen LogP contribution in [0.25, 0.3) is 16.9 Å². The molecule has 4 heteroatoms. The number of rotatable bonds is 4. The van der Waals surface area contributed by atoms with Gasteiger partial charge in [-0.2, -0.15) is 0 Å². The zero-order valence-corrected chi connectivity index (χ0v) is 13.8. The first-order valence-corrected chi connectivity index (χ1v) is 7.90. The average Bonchev–Trinajstić information content (AvgIpc) is 2.86. The number of hydrogen-bond acceptors (Lipinski definition) is 2. The summed E-state index contributed by atoms with van der Waals surface area (Å²) in [6, 6.07) is 12.0. The largest absolute Gasteiger partial charge is 0.493 e. The highest BCUT2D eigenvalue weighted by atomic mass is 35.5. The van der Waals surface area contributed by atoms with E-state index >= 15 is 0 Å². The fourth-order valence-electron chi connectivity index (χ4n) is 2.69. The van der Waals surface area contributed by atoms with E-state index in [0.717, 1.165) is 28.3 Å². The minimum Gasteiger partial charge on any atom is -0.493 e. The molecule has 0 aliphatic rings. The number of para-hydroxylation sites is 1. The first-order chi connectivity index (χ1) is 10.6. The van der Waals surface area contributed by atoms with Gasteiger partial charge in [-0.25, -0.2) is 4.98 Å². The van der Waals surface area contributed by atoms with Crippen LogP contribution in [0.2, 0.25) is 0 Å². The first kappa shape index (κ1) is 14.9. The quantitative estimate of drug-likeness (QED) is 0.633. The molecule has 1 aromatic carbocycles. The van der Waals surface area contributed by atoms with E-state index in [0.29, 0.717) is 6.61 Å². The van der Waals surface area contributed by atoms with Gasteiger partial charge in [-0.15, -0.1) is 11.6 Å². The van der Waals surface area contributed by atoms with Gasteiger partial charge in [0.05, 0.1) is 23.4 Å². The van der Waals surface area contributed by atoms with E-state index in [9.17, 15) is 0 Å². The third-order valence-corrected chi connectivity index (χ3v) is 3.83. The van der Waals surface area contributed by atoms with Crippen LogP contribution in [0.1, 0.15) is 30.5 Å². The number of benzene rings is 1.